The quantitative estimate of drug-likeness (QED) is 0.0151. The van der Waals surface area contributed by atoms with Crippen LogP contribution in [-0.2, 0) is 37.5 Å². The Morgan fingerprint density at radius 1 is 0.627 bits per heavy atom. The fourth-order valence-electron chi connectivity index (χ4n) is 5.01. The van der Waals surface area contributed by atoms with Crippen LogP contribution in [0.4, 0.5) is 0 Å². The average Bonchev–Trinajstić information content (AvgIpc) is 3.21. The lowest BCUT2D eigenvalue weighted by Crippen LogP contribution is -2.34. The molecule has 0 aromatic heterocycles. The highest BCUT2D eigenvalue weighted by Gasteiger charge is 2.28. The predicted molar refractivity (Wildman–Crippen MR) is 236 cm³/mol. The molecule has 12 nitrogen and oxygen atoms in total. The average molecular weight is 848 g/mol. The van der Waals surface area contributed by atoms with Gasteiger partial charge in [-0.1, -0.05) is 137 Å². The van der Waals surface area contributed by atoms with Gasteiger partial charge in [0.05, 0.1) is 19.3 Å². The van der Waals surface area contributed by atoms with Crippen LogP contribution in [0.5, 0.6) is 0 Å². The molecule has 5 N–H and O–H groups in total. The molecule has 0 aliphatic carbocycles. The zero-order valence-corrected chi connectivity index (χ0v) is 36.6. The summed E-state index contributed by atoms with van der Waals surface area (Å²) in [6.45, 7) is 2.46. The highest BCUT2D eigenvalue weighted by Crippen LogP contribution is 2.43. The summed E-state index contributed by atoms with van der Waals surface area (Å²) >= 11 is 0. The maximum atomic E-state index is 12.6. The molecule has 0 amide bonds. The molecule has 0 aliphatic heterocycles. The summed E-state index contributed by atoms with van der Waals surface area (Å²) in [5.74, 6) is -2.57. The standard InChI is InChI=1S/C46H74NO11P/c1-3-5-7-9-11-13-14-15-16-17-18-19-20-22-24-28-33-37-45(50)58-42(39-56-59(53,54)57-40-43(47)46(51)52)38-55-44(49)36-32-29-25-27-31-35-41(48)34-30-26-23-21-12-10-8-6-4-2/h5,7,11-13,15-16,18-19,21,25-27,30-31,35,41-43,48H,3-4,6,8-10,14,17,20,22-24,28-29,32-34,36-40,47H2,1-2H3,(H,51,52)(H,53,54)/b7-5-,13-11-,16-15-,19-18-,21-12-,27-25+,30-26-,35-31-/t41?,42-,43+/m1/s1. The van der Waals surface area contributed by atoms with E-state index in [2.05, 4.69) is 79.1 Å². The first-order valence-corrected chi connectivity index (χ1v) is 22.9. The number of aliphatic hydroxyl groups excluding tert-OH is 1. The van der Waals surface area contributed by atoms with Crippen molar-refractivity contribution in [1.82, 2.24) is 0 Å². The number of esters is 2. The smallest absolute Gasteiger partial charge is 0.472 e. The van der Waals surface area contributed by atoms with Crippen molar-refractivity contribution in [1.29, 1.82) is 0 Å². The Hall–Kier alpha value is -3.64. The molecule has 0 aromatic carbocycles. The van der Waals surface area contributed by atoms with Crippen LogP contribution in [0.1, 0.15) is 136 Å². The van der Waals surface area contributed by atoms with Crippen molar-refractivity contribution in [3.63, 3.8) is 0 Å². The number of phosphoric ester groups is 1. The molecule has 0 heterocycles. The Kier molecular flexibility index (Phi) is 37.3. The van der Waals surface area contributed by atoms with E-state index in [0.29, 0.717) is 25.7 Å². The van der Waals surface area contributed by atoms with Gasteiger partial charge in [0.15, 0.2) is 6.10 Å². The number of hydrogen-bond donors (Lipinski definition) is 4. The molecule has 0 fully saturated rings. The fraction of sp³-hybridized carbons (Fsp3) is 0.587. The van der Waals surface area contributed by atoms with Gasteiger partial charge in [-0.2, -0.15) is 0 Å². The number of hydrogen-bond acceptors (Lipinski definition) is 10. The zero-order chi connectivity index (χ0) is 43.7. The van der Waals surface area contributed by atoms with E-state index >= 15 is 0 Å². The van der Waals surface area contributed by atoms with E-state index in [1.54, 1.807) is 18.2 Å². The van der Waals surface area contributed by atoms with Crippen LogP contribution in [0.2, 0.25) is 0 Å². The number of aliphatic hydroxyl groups is 1. The number of rotatable bonds is 38. The number of nitrogens with two attached hydrogens (primary N) is 1. The van der Waals surface area contributed by atoms with Gasteiger partial charge >= 0.3 is 25.7 Å². The van der Waals surface area contributed by atoms with Gasteiger partial charge < -0.3 is 30.3 Å². The van der Waals surface area contributed by atoms with Crippen molar-refractivity contribution in [2.24, 2.45) is 5.73 Å². The lowest BCUT2D eigenvalue weighted by Gasteiger charge is -2.20. The van der Waals surface area contributed by atoms with Crippen molar-refractivity contribution in [2.75, 3.05) is 19.8 Å². The normalized spacial score (nSPS) is 15.2. The Labute approximate surface area is 354 Å². The number of ether oxygens (including phenoxy) is 2. The van der Waals surface area contributed by atoms with Gasteiger partial charge in [-0.25, -0.2) is 4.57 Å². The number of carboxylic acid groups (broad SMARTS) is 1. The molecule has 0 saturated carbocycles. The molecule has 4 atom stereocenters. The molecule has 59 heavy (non-hydrogen) atoms. The van der Waals surface area contributed by atoms with Gasteiger partial charge in [-0.15, -0.1) is 0 Å². The van der Waals surface area contributed by atoms with Crippen LogP contribution in [0.15, 0.2) is 97.2 Å². The Morgan fingerprint density at radius 2 is 1.17 bits per heavy atom. The molecular weight excluding hydrogens is 773 g/mol. The van der Waals surface area contributed by atoms with Crippen molar-refractivity contribution < 1.29 is 52.6 Å². The monoisotopic (exact) mass is 847 g/mol. The van der Waals surface area contributed by atoms with Crippen molar-refractivity contribution in [2.45, 2.75) is 154 Å². The first-order chi connectivity index (χ1) is 28.5. The summed E-state index contributed by atoms with van der Waals surface area (Å²) in [7, 11) is -4.76. The summed E-state index contributed by atoms with van der Waals surface area (Å²) in [6.07, 6.45) is 46.4. The highest BCUT2D eigenvalue weighted by atomic mass is 31.2. The summed E-state index contributed by atoms with van der Waals surface area (Å²) < 4.78 is 32.5. The van der Waals surface area contributed by atoms with Gasteiger partial charge in [0, 0.05) is 12.8 Å². The van der Waals surface area contributed by atoms with Crippen LogP contribution in [-0.4, -0.2) is 71.1 Å². The predicted octanol–water partition coefficient (Wildman–Crippen LogP) is 10.2. The topological polar surface area (TPSA) is 192 Å². The van der Waals surface area contributed by atoms with E-state index in [-0.39, 0.29) is 12.8 Å². The van der Waals surface area contributed by atoms with Gasteiger partial charge in [0.2, 0.25) is 0 Å². The first kappa shape index (κ1) is 55.4. The third kappa shape index (κ3) is 39.6. The molecule has 0 bridgehead atoms. The minimum absolute atomic E-state index is 0.0750. The second kappa shape index (κ2) is 39.8. The number of unbranched alkanes of at least 4 members (excludes halogenated alkanes) is 8. The number of phosphoric acid groups is 1. The number of aliphatic carboxylic acids is 1. The molecule has 0 saturated heterocycles. The molecule has 0 aromatic rings. The molecule has 2 unspecified atom stereocenters. The lowest BCUT2D eigenvalue weighted by molar-refractivity contribution is -0.161. The maximum Gasteiger partial charge on any atom is 0.472 e. The van der Waals surface area contributed by atoms with Crippen LogP contribution < -0.4 is 5.73 Å². The number of carbonyl (C=O) groups excluding carboxylic acids is 2. The van der Waals surface area contributed by atoms with Gasteiger partial charge in [0.1, 0.15) is 12.6 Å². The summed E-state index contributed by atoms with van der Waals surface area (Å²) in [6, 6.07) is -1.55. The number of allylic oxidation sites excluding steroid dienone is 14. The number of carboxylic acids is 1. The van der Waals surface area contributed by atoms with E-state index in [0.717, 1.165) is 64.2 Å². The van der Waals surface area contributed by atoms with E-state index in [1.807, 2.05) is 18.2 Å². The van der Waals surface area contributed by atoms with Crippen LogP contribution in [0.25, 0.3) is 0 Å². The maximum absolute atomic E-state index is 12.6. The molecule has 0 spiro atoms. The van der Waals surface area contributed by atoms with E-state index in [9.17, 15) is 28.9 Å². The second-order valence-corrected chi connectivity index (χ2v) is 15.4. The highest BCUT2D eigenvalue weighted by molar-refractivity contribution is 7.47. The first-order valence-electron chi connectivity index (χ1n) is 21.4. The molecule has 334 valence electrons. The van der Waals surface area contributed by atoms with Gasteiger partial charge in [0.25, 0.3) is 0 Å². The largest absolute Gasteiger partial charge is 0.480 e. The van der Waals surface area contributed by atoms with Crippen molar-refractivity contribution >= 4 is 25.7 Å². The summed E-state index contributed by atoms with van der Waals surface area (Å²) in [5.41, 5.74) is 5.32. The molecule has 0 radical (unpaired) electrons. The molecule has 0 rings (SSSR count). The Balaban J connectivity index is 4.62. The third-order valence-electron chi connectivity index (χ3n) is 8.40. The zero-order valence-electron chi connectivity index (χ0n) is 35.7. The Morgan fingerprint density at radius 3 is 1.80 bits per heavy atom. The van der Waals surface area contributed by atoms with Gasteiger partial charge in [-0.05, 0) is 83.5 Å². The van der Waals surface area contributed by atoms with Crippen LogP contribution in [0, 0.1) is 0 Å². The van der Waals surface area contributed by atoms with E-state index in [4.69, 9.17) is 24.8 Å². The summed E-state index contributed by atoms with van der Waals surface area (Å²) in [4.78, 5) is 45.9. The molecule has 0 aliphatic rings. The number of carbonyl (C=O) groups is 3. The summed E-state index contributed by atoms with van der Waals surface area (Å²) in [5, 5.41) is 19.0. The van der Waals surface area contributed by atoms with Gasteiger partial charge in [-0.3, -0.25) is 23.4 Å². The van der Waals surface area contributed by atoms with Crippen molar-refractivity contribution in [3.8, 4) is 0 Å². The van der Waals surface area contributed by atoms with Crippen LogP contribution >= 0.6 is 7.82 Å². The minimum atomic E-state index is -4.76. The minimum Gasteiger partial charge on any atom is -0.480 e. The van der Waals surface area contributed by atoms with E-state index < -0.39 is 63.8 Å². The fourth-order valence-corrected chi connectivity index (χ4v) is 5.79. The lowest BCUT2D eigenvalue weighted by atomic mass is 10.1. The Bertz CT molecular complexity index is 1380. The van der Waals surface area contributed by atoms with Crippen LogP contribution in [0.3, 0.4) is 0 Å². The van der Waals surface area contributed by atoms with Crippen molar-refractivity contribution in [3.05, 3.63) is 97.2 Å². The SMILES string of the molecule is CC/C=C\C/C=C\C/C=C\C/C=C\CCCCCCC(=O)O[C@H](COC(=O)CCC/C=C/C=C\C(O)C/C=C\C/C=C\CCCCC)COP(=O)(O)OC[C@H](N)C(=O)O. The van der Waals surface area contributed by atoms with E-state index in [1.165, 1.54) is 19.3 Å². The third-order valence-corrected chi connectivity index (χ3v) is 9.35. The molecule has 13 heteroatoms. The molecular formula is C46H74NO11P. The second-order valence-electron chi connectivity index (χ2n) is 13.9.